The third-order valence-electron chi connectivity index (χ3n) is 7.04. The lowest BCUT2D eigenvalue weighted by Crippen LogP contribution is -2.53. The molecule has 4 aromatic carbocycles. The molecule has 0 fully saturated rings. The van der Waals surface area contributed by atoms with Crippen LogP contribution >= 0.6 is 31.9 Å². The number of aliphatic imine (C=N–C) groups is 1. The lowest BCUT2D eigenvalue weighted by atomic mass is 9.82. The molecule has 10 heteroatoms. The Labute approximate surface area is 266 Å². The Kier molecular flexibility index (Phi) is 10.2. The van der Waals surface area contributed by atoms with E-state index in [2.05, 4.69) is 42.7 Å². The van der Waals surface area contributed by atoms with Gasteiger partial charge in [-0.15, -0.1) is 0 Å². The predicted molar refractivity (Wildman–Crippen MR) is 170 cm³/mol. The van der Waals surface area contributed by atoms with E-state index in [1.54, 1.807) is 12.1 Å². The number of carbonyl (C=O) groups is 1. The van der Waals surface area contributed by atoms with E-state index in [1.807, 2.05) is 72.8 Å². The number of aliphatic hydroxyl groups excluding tert-OH is 1. The second-order valence-corrected chi connectivity index (χ2v) is 11.7. The molecule has 5 rings (SSSR count). The number of carbonyl (C=O) groups excluding carboxylic acids is 1. The minimum absolute atomic E-state index is 0.0552. The van der Waals surface area contributed by atoms with Gasteiger partial charge in [0.1, 0.15) is 11.6 Å². The average molecular weight is 711 g/mol. The van der Waals surface area contributed by atoms with Gasteiger partial charge in [0.2, 0.25) is 5.90 Å². The maximum absolute atomic E-state index is 14.3. The van der Waals surface area contributed by atoms with Crippen LogP contribution in [0.15, 0.2) is 111 Å². The smallest absolute Gasteiger partial charge is 0.266 e. The molecule has 0 saturated carbocycles. The van der Waals surface area contributed by atoms with Gasteiger partial charge >= 0.3 is 0 Å². The summed E-state index contributed by atoms with van der Waals surface area (Å²) in [6.07, 6.45) is -0.0121. The second-order valence-electron chi connectivity index (χ2n) is 10.0. The minimum Gasteiger partial charge on any atom is -0.494 e. The van der Waals surface area contributed by atoms with Crippen LogP contribution in [0.5, 0.6) is 5.75 Å². The van der Waals surface area contributed by atoms with Crippen LogP contribution in [0, 0.1) is 5.82 Å². The van der Waals surface area contributed by atoms with E-state index in [-0.39, 0.29) is 31.3 Å². The van der Waals surface area contributed by atoms with Crippen LogP contribution in [0.2, 0.25) is 0 Å². The Bertz CT molecular complexity index is 1580. The molecule has 222 valence electrons. The summed E-state index contributed by atoms with van der Waals surface area (Å²) in [5.41, 5.74) is 7.58. The Balaban J connectivity index is 1.53. The Morgan fingerprint density at radius 3 is 2.35 bits per heavy atom. The normalized spacial score (nSPS) is 17.7. The van der Waals surface area contributed by atoms with Crippen molar-refractivity contribution >= 4 is 43.7 Å². The van der Waals surface area contributed by atoms with Crippen LogP contribution in [-0.2, 0) is 22.5 Å². The van der Waals surface area contributed by atoms with Crippen LogP contribution < -0.4 is 15.6 Å². The number of hydrogen-bond donors (Lipinski definition) is 3. The first-order chi connectivity index (χ1) is 20.9. The van der Waals surface area contributed by atoms with Crippen molar-refractivity contribution in [2.45, 2.75) is 31.0 Å². The van der Waals surface area contributed by atoms with Gasteiger partial charge in [0.15, 0.2) is 11.6 Å². The molecule has 0 saturated heterocycles. The molecule has 0 bridgehead atoms. The first-order valence-electron chi connectivity index (χ1n) is 13.8. The molecule has 0 aliphatic carbocycles. The monoisotopic (exact) mass is 709 g/mol. The van der Waals surface area contributed by atoms with Crippen molar-refractivity contribution in [2.75, 3.05) is 13.2 Å². The molecule has 1 heterocycles. The van der Waals surface area contributed by atoms with Crippen molar-refractivity contribution in [3.63, 3.8) is 0 Å². The highest BCUT2D eigenvalue weighted by atomic mass is 79.9. The topological polar surface area (TPSA) is 92.2 Å². The maximum atomic E-state index is 14.3. The van der Waals surface area contributed by atoms with Crippen molar-refractivity contribution in [2.24, 2.45) is 4.99 Å². The van der Waals surface area contributed by atoms with Crippen molar-refractivity contribution in [1.82, 2.24) is 10.9 Å². The summed E-state index contributed by atoms with van der Waals surface area (Å²) in [4.78, 5) is 19.4. The quantitative estimate of drug-likeness (QED) is 0.116. The number of hydrazine groups is 1. The third-order valence-corrected chi connectivity index (χ3v) is 8.54. The summed E-state index contributed by atoms with van der Waals surface area (Å²) < 4.78 is 27.3. The second kappa shape index (κ2) is 14.3. The number of aliphatic hydroxyl groups is 1. The molecule has 0 unspecified atom stereocenters. The number of halogens is 3. The highest BCUT2D eigenvalue weighted by Crippen LogP contribution is 2.45. The van der Waals surface area contributed by atoms with Crippen LogP contribution in [0.1, 0.15) is 34.8 Å². The van der Waals surface area contributed by atoms with Crippen molar-refractivity contribution in [3.8, 4) is 5.75 Å². The van der Waals surface area contributed by atoms with Gasteiger partial charge in [-0.25, -0.2) is 14.8 Å². The van der Waals surface area contributed by atoms with Crippen molar-refractivity contribution in [1.29, 1.82) is 0 Å². The first-order valence-corrected chi connectivity index (χ1v) is 15.3. The molecule has 2 atom stereocenters. The molecule has 0 radical (unpaired) electrons. The number of amides is 1. The van der Waals surface area contributed by atoms with Crippen LogP contribution in [0.3, 0.4) is 0 Å². The Morgan fingerprint density at radius 1 is 0.953 bits per heavy atom. The zero-order valence-electron chi connectivity index (χ0n) is 23.1. The number of nitrogens with one attached hydrogen (secondary N) is 2. The zero-order chi connectivity index (χ0) is 30.2. The van der Waals surface area contributed by atoms with Gasteiger partial charge in [0.25, 0.3) is 5.91 Å². The fourth-order valence-corrected chi connectivity index (χ4v) is 5.73. The fraction of sp³-hybridized carbons (Fsp3) is 0.212. The molecule has 7 nitrogen and oxygen atoms in total. The van der Waals surface area contributed by atoms with Gasteiger partial charge in [0, 0.05) is 46.1 Å². The van der Waals surface area contributed by atoms with E-state index in [0.29, 0.717) is 30.2 Å². The van der Waals surface area contributed by atoms with Gasteiger partial charge in [0.05, 0.1) is 6.61 Å². The number of benzene rings is 4. The molecule has 1 aliphatic rings. The molecule has 4 aromatic rings. The van der Waals surface area contributed by atoms with Gasteiger partial charge in [-0.3, -0.25) is 10.2 Å². The summed E-state index contributed by atoms with van der Waals surface area (Å²) in [6, 6.07) is 28.7. The SMILES string of the molecule is O=C(NNCc1ccc(F)cc1)[C@@]1(Cc2ccccc2Br)N=C(c2ccc(OCCCO)cc2)O[C@H]1c1ccccc1Br. The summed E-state index contributed by atoms with van der Waals surface area (Å²) in [6.45, 7) is 0.739. The molecule has 3 N–H and O–H groups in total. The number of hydrogen-bond acceptors (Lipinski definition) is 6. The highest BCUT2D eigenvalue weighted by molar-refractivity contribution is 9.10. The summed E-state index contributed by atoms with van der Waals surface area (Å²) in [7, 11) is 0. The van der Waals surface area contributed by atoms with E-state index in [4.69, 9.17) is 19.6 Å². The number of ether oxygens (including phenoxy) is 2. The van der Waals surface area contributed by atoms with Gasteiger partial charge in [-0.05, 0) is 59.7 Å². The summed E-state index contributed by atoms with van der Waals surface area (Å²) in [5.74, 6) is 0.264. The minimum atomic E-state index is -1.41. The number of nitrogens with zero attached hydrogens (tertiary/aromatic N) is 1. The van der Waals surface area contributed by atoms with Crippen LogP contribution in [-0.4, -0.2) is 35.7 Å². The number of rotatable bonds is 12. The van der Waals surface area contributed by atoms with Gasteiger partial charge in [-0.1, -0.05) is 80.4 Å². The van der Waals surface area contributed by atoms with E-state index in [9.17, 15) is 9.18 Å². The zero-order valence-corrected chi connectivity index (χ0v) is 26.3. The molecular formula is C33H30Br2FN3O4. The van der Waals surface area contributed by atoms with Crippen molar-refractivity contribution < 1.29 is 23.8 Å². The molecule has 0 aromatic heterocycles. The lowest BCUT2D eigenvalue weighted by molar-refractivity contribution is -0.130. The summed E-state index contributed by atoms with van der Waals surface area (Å²) in [5, 5.41) is 9.04. The van der Waals surface area contributed by atoms with Gasteiger partial charge < -0.3 is 14.6 Å². The summed E-state index contributed by atoms with van der Waals surface area (Å²) >= 11 is 7.30. The van der Waals surface area contributed by atoms with Crippen LogP contribution in [0.4, 0.5) is 4.39 Å². The Morgan fingerprint density at radius 2 is 1.65 bits per heavy atom. The Hall–Kier alpha value is -3.57. The van der Waals surface area contributed by atoms with E-state index < -0.39 is 11.6 Å². The predicted octanol–water partition coefficient (Wildman–Crippen LogP) is 6.43. The van der Waals surface area contributed by atoms with E-state index >= 15 is 0 Å². The standard InChI is InChI=1S/C33H30Br2FN3O4/c34-28-8-3-1-6-24(28)20-33(32(41)39-37-21-22-10-14-25(36)15-11-22)30(27-7-2-4-9-29(27)35)43-31(38-33)23-12-16-26(17-13-23)42-19-5-18-40/h1-4,6-17,30,37,40H,5,18-21H2,(H,39,41)/t30-,33-/m0/s1. The fourth-order valence-electron chi connectivity index (χ4n) is 4.82. The molecule has 1 aliphatic heterocycles. The lowest BCUT2D eigenvalue weighted by Gasteiger charge is -2.31. The van der Waals surface area contributed by atoms with Crippen molar-refractivity contribution in [3.05, 3.63) is 134 Å². The average Bonchev–Trinajstić information content (AvgIpc) is 3.40. The molecule has 43 heavy (non-hydrogen) atoms. The maximum Gasteiger partial charge on any atom is 0.266 e. The third kappa shape index (κ3) is 7.33. The molecular weight excluding hydrogens is 681 g/mol. The van der Waals surface area contributed by atoms with E-state index in [1.165, 1.54) is 12.1 Å². The first kappa shape index (κ1) is 30.9. The van der Waals surface area contributed by atoms with E-state index in [0.717, 1.165) is 25.6 Å². The van der Waals surface area contributed by atoms with Crippen LogP contribution in [0.25, 0.3) is 0 Å². The molecule has 0 spiro atoms. The molecule has 1 amide bonds. The largest absolute Gasteiger partial charge is 0.494 e. The highest BCUT2D eigenvalue weighted by Gasteiger charge is 2.54. The van der Waals surface area contributed by atoms with Gasteiger partial charge in [-0.2, -0.15) is 0 Å².